The van der Waals surface area contributed by atoms with E-state index in [0.717, 1.165) is 11.1 Å². The van der Waals surface area contributed by atoms with Crippen molar-refractivity contribution in [2.45, 2.75) is 6.61 Å². The van der Waals surface area contributed by atoms with Crippen molar-refractivity contribution in [1.29, 1.82) is 0 Å². The maximum atomic E-state index is 13.2. The standard InChI is InChI=1S/C18H12ClFN4O/c19-17-8-21-5-4-16(17)12-7-22-18-23-14(10-24(18)9-12)11-25-15-3-1-2-13(20)6-15/h1-10H,11H2. The van der Waals surface area contributed by atoms with Crippen LogP contribution in [0.5, 0.6) is 5.75 Å². The Morgan fingerprint density at radius 3 is 2.92 bits per heavy atom. The van der Waals surface area contributed by atoms with Crippen LogP contribution in [-0.2, 0) is 6.61 Å². The number of benzene rings is 1. The molecule has 0 atom stereocenters. The van der Waals surface area contributed by atoms with Crippen LogP contribution in [-0.4, -0.2) is 19.4 Å². The Kier molecular flexibility index (Phi) is 4.03. The summed E-state index contributed by atoms with van der Waals surface area (Å²) in [6, 6.07) is 7.82. The van der Waals surface area contributed by atoms with Crippen LogP contribution in [0.1, 0.15) is 5.69 Å². The molecule has 0 unspecified atom stereocenters. The number of hydrogen-bond donors (Lipinski definition) is 0. The summed E-state index contributed by atoms with van der Waals surface area (Å²) in [5.74, 6) is 0.661. The van der Waals surface area contributed by atoms with Gasteiger partial charge in [-0.2, -0.15) is 0 Å². The summed E-state index contributed by atoms with van der Waals surface area (Å²) >= 11 is 6.18. The summed E-state index contributed by atoms with van der Waals surface area (Å²) in [4.78, 5) is 12.7. The summed E-state index contributed by atoms with van der Waals surface area (Å²) in [5, 5.41) is 0.554. The topological polar surface area (TPSA) is 52.3 Å². The van der Waals surface area contributed by atoms with Crippen LogP contribution in [0.2, 0.25) is 5.02 Å². The van der Waals surface area contributed by atoms with E-state index in [0.29, 0.717) is 22.2 Å². The predicted molar refractivity (Wildman–Crippen MR) is 92.0 cm³/mol. The highest BCUT2D eigenvalue weighted by atomic mass is 35.5. The summed E-state index contributed by atoms with van der Waals surface area (Å²) in [5.41, 5.74) is 2.39. The highest BCUT2D eigenvalue weighted by Gasteiger charge is 2.08. The van der Waals surface area contributed by atoms with E-state index in [2.05, 4.69) is 15.0 Å². The van der Waals surface area contributed by atoms with Crippen LogP contribution in [0.15, 0.2) is 61.3 Å². The summed E-state index contributed by atoms with van der Waals surface area (Å²) in [6.07, 6.45) is 8.69. The molecule has 1 aromatic carbocycles. The van der Waals surface area contributed by atoms with E-state index in [4.69, 9.17) is 16.3 Å². The van der Waals surface area contributed by atoms with Gasteiger partial charge in [0.25, 0.3) is 0 Å². The molecular weight excluding hydrogens is 343 g/mol. The molecule has 5 nitrogen and oxygen atoms in total. The molecule has 4 aromatic rings. The number of halogens is 2. The van der Waals surface area contributed by atoms with Crippen molar-refractivity contribution >= 4 is 17.4 Å². The Hall–Kier alpha value is -2.99. The molecule has 0 fully saturated rings. The number of imidazole rings is 1. The van der Waals surface area contributed by atoms with Gasteiger partial charge >= 0.3 is 0 Å². The third kappa shape index (κ3) is 3.29. The van der Waals surface area contributed by atoms with Gasteiger partial charge in [-0.3, -0.25) is 9.38 Å². The van der Waals surface area contributed by atoms with Crippen LogP contribution in [0.3, 0.4) is 0 Å². The van der Waals surface area contributed by atoms with Gasteiger partial charge in [-0.25, -0.2) is 14.4 Å². The molecule has 3 aromatic heterocycles. The van der Waals surface area contributed by atoms with Gasteiger partial charge in [-0.05, 0) is 18.2 Å². The molecule has 0 aliphatic carbocycles. The second kappa shape index (κ2) is 6.49. The van der Waals surface area contributed by atoms with Crippen molar-refractivity contribution < 1.29 is 9.13 Å². The first-order valence-electron chi connectivity index (χ1n) is 7.51. The average Bonchev–Trinajstić information content (AvgIpc) is 3.02. The fraction of sp³-hybridized carbons (Fsp3) is 0.0556. The number of rotatable bonds is 4. The lowest BCUT2D eigenvalue weighted by Gasteiger charge is -2.03. The second-order valence-electron chi connectivity index (χ2n) is 5.38. The van der Waals surface area contributed by atoms with E-state index in [9.17, 15) is 4.39 Å². The Balaban J connectivity index is 1.59. The minimum atomic E-state index is -0.340. The van der Waals surface area contributed by atoms with Gasteiger partial charge < -0.3 is 4.74 Å². The van der Waals surface area contributed by atoms with Crippen LogP contribution in [0.4, 0.5) is 4.39 Å². The van der Waals surface area contributed by atoms with Crippen molar-refractivity contribution in [3.05, 3.63) is 77.8 Å². The SMILES string of the molecule is Fc1cccc(OCc2cn3cc(-c4ccncc4Cl)cnc3n2)c1. The zero-order valence-electron chi connectivity index (χ0n) is 12.9. The van der Waals surface area contributed by atoms with E-state index >= 15 is 0 Å². The molecule has 0 saturated carbocycles. The first kappa shape index (κ1) is 15.5. The Labute approximate surface area is 147 Å². The average molecular weight is 355 g/mol. The lowest BCUT2D eigenvalue weighted by atomic mass is 10.1. The minimum Gasteiger partial charge on any atom is -0.487 e. The number of aromatic nitrogens is 4. The molecular formula is C18H12ClFN4O. The van der Waals surface area contributed by atoms with Crippen LogP contribution in [0, 0.1) is 5.82 Å². The Bertz CT molecular complexity index is 1050. The first-order valence-corrected chi connectivity index (χ1v) is 7.89. The second-order valence-corrected chi connectivity index (χ2v) is 5.79. The van der Waals surface area contributed by atoms with Gasteiger partial charge in [0.2, 0.25) is 5.78 Å². The van der Waals surface area contributed by atoms with Crippen molar-refractivity contribution in [1.82, 2.24) is 19.4 Å². The molecule has 0 amide bonds. The number of fused-ring (bicyclic) bond motifs is 1. The zero-order chi connectivity index (χ0) is 17.2. The van der Waals surface area contributed by atoms with E-state index in [1.165, 1.54) is 12.1 Å². The quantitative estimate of drug-likeness (QED) is 0.552. The Morgan fingerprint density at radius 2 is 2.08 bits per heavy atom. The molecule has 25 heavy (non-hydrogen) atoms. The third-order valence-electron chi connectivity index (χ3n) is 3.63. The largest absolute Gasteiger partial charge is 0.487 e. The van der Waals surface area contributed by atoms with Crippen LogP contribution in [0.25, 0.3) is 16.9 Å². The fourth-order valence-electron chi connectivity index (χ4n) is 2.47. The molecule has 4 rings (SSSR count). The molecule has 0 N–H and O–H groups in total. The van der Waals surface area contributed by atoms with Gasteiger partial charge in [0.05, 0.1) is 10.7 Å². The molecule has 0 bridgehead atoms. The van der Waals surface area contributed by atoms with Crippen molar-refractivity contribution in [2.24, 2.45) is 0 Å². The van der Waals surface area contributed by atoms with Crippen LogP contribution < -0.4 is 4.74 Å². The van der Waals surface area contributed by atoms with Gasteiger partial charge in [0, 0.05) is 48.2 Å². The lowest BCUT2D eigenvalue weighted by molar-refractivity contribution is 0.300. The lowest BCUT2D eigenvalue weighted by Crippen LogP contribution is -1.95. The minimum absolute atomic E-state index is 0.220. The van der Waals surface area contributed by atoms with E-state index in [1.807, 2.05) is 18.5 Å². The van der Waals surface area contributed by atoms with Gasteiger partial charge in [-0.15, -0.1) is 0 Å². The Morgan fingerprint density at radius 1 is 1.16 bits per heavy atom. The highest BCUT2D eigenvalue weighted by Crippen LogP contribution is 2.26. The zero-order valence-corrected chi connectivity index (χ0v) is 13.7. The molecule has 3 heterocycles. The molecule has 0 aliphatic heterocycles. The molecule has 0 aliphatic rings. The third-order valence-corrected chi connectivity index (χ3v) is 3.93. The fourth-order valence-corrected chi connectivity index (χ4v) is 2.69. The molecule has 7 heteroatoms. The van der Waals surface area contributed by atoms with E-state index in [1.54, 1.807) is 35.1 Å². The smallest absolute Gasteiger partial charge is 0.234 e. The maximum absolute atomic E-state index is 13.2. The van der Waals surface area contributed by atoms with Crippen molar-refractivity contribution in [2.75, 3.05) is 0 Å². The maximum Gasteiger partial charge on any atom is 0.234 e. The number of pyridine rings is 1. The van der Waals surface area contributed by atoms with E-state index in [-0.39, 0.29) is 12.4 Å². The van der Waals surface area contributed by atoms with Gasteiger partial charge in [0.1, 0.15) is 18.2 Å². The number of hydrogen-bond acceptors (Lipinski definition) is 4. The van der Waals surface area contributed by atoms with Crippen LogP contribution >= 0.6 is 11.6 Å². The number of ether oxygens (including phenoxy) is 1. The summed E-state index contributed by atoms with van der Waals surface area (Å²) < 4.78 is 20.5. The number of nitrogens with zero attached hydrogens (tertiary/aromatic N) is 4. The van der Waals surface area contributed by atoms with Crippen molar-refractivity contribution in [3.8, 4) is 16.9 Å². The normalized spacial score (nSPS) is 11.0. The van der Waals surface area contributed by atoms with Crippen molar-refractivity contribution in [3.63, 3.8) is 0 Å². The highest BCUT2D eigenvalue weighted by molar-refractivity contribution is 6.33. The predicted octanol–water partition coefficient (Wildman–Crippen LogP) is 4.16. The van der Waals surface area contributed by atoms with Gasteiger partial charge in [-0.1, -0.05) is 17.7 Å². The molecule has 0 spiro atoms. The molecule has 124 valence electrons. The molecule has 0 radical (unpaired) electrons. The van der Waals surface area contributed by atoms with Gasteiger partial charge in [0.15, 0.2) is 0 Å². The monoisotopic (exact) mass is 354 g/mol. The first-order chi connectivity index (χ1) is 12.2. The van der Waals surface area contributed by atoms with E-state index < -0.39 is 0 Å². The molecule has 0 saturated heterocycles. The summed E-state index contributed by atoms with van der Waals surface area (Å²) in [6.45, 7) is 0.220. The summed E-state index contributed by atoms with van der Waals surface area (Å²) in [7, 11) is 0.